The van der Waals surface area contributed by atoms with Crippen molar-refractivity contribution in [3.05, 3.63) is 28.2 Å². The zero-order chi connectivity index (χ0) is 11.1. The Bertz CT molecular complexity index is 382. The number of aryl methyl sites for hydroxylation is 1. The van der Waals surface area contributed by atoms with E-state index < -0.39 is 0 Å². The van der Waals surface area contributed by atoms with Crippen LogP contribution in [0.1, 0.15) is 31.2 Å². The molecule has 2 heteroatoms. The van der Waals surface area contributed by atoms with Gasteiger partial charge < -0.3 is 5.32 Å². The fourth-order valence-electron chi connectivity index (χ4n) is 2.46. The van der Waals surface area contributed by atoms with Crippen molar-refractivity contribution in [2.75, 3.05) is 5.32 Å². The normalized spacial score (nSPS) is 20.2. The molecule has 2 fully saturated rings. The molecule has 0 amide bonds. The highest BCUT2D eigenvalue weighted by atomic mass is 79.9. The third-order valence-corrected chi connectivity index (χ3v) is 4.64. The number of benzene rings is 1. The Morgan fingerprint density at radius 1 is 1.19 bits per heavy atom. The van der Waals surface area contributed by atoms with Crippen molar-refractivity contribution in [3.8, 4) is 0 Å². The summed E-state index contributed by atoms with van der Waals surface area (Å²) in [7, 11) is 0. The topological polar surface area (TPSA) is 12.0 Å². The van der Waals surface area contributed by atoms with E-state index in [1.807, 2.05) is 0 Å². The molecule has 1 aromatic rings. The summed E-state index contributed by atoms with van der Waals surface area (Å²) in [6.45, 7) is 2.15. The van der Waals surface area contributed by atoms with E-state index in [0.717, 1.165) is 17.9 Å². The van der Waals surface area contributed by atoms with E-state index in [0.29, 0.717) is 0 Å². The molecule has 0 aromatic heterocycles. The van der Waals surface area contributed by atoms with Gasteiger partial charge in [0.05, 0.1) is 0 Å². The van der Waals surface area contributed by atoms with Gasteiger partial charge in [-0.15, -0.1) is 0 Å². The molecule has 16 heavy (non-hydrogen) atoms. The van der Waals surface area contributed by atoms with Crippen molar-refractivity contribution in [3.63, 3.8) is 0 Å². The Morgan fingerprint density at radius 3 is 2.31 bits per heavy atom. The Balaban J connectivity index is 1.73. The lowest BCUT2D eigenvalue weighted by molar-refractivity contribution is 0.568. The molecule has 1 nitrogen and oxygen atoms in total. The second-order valence-electron chi connectivity index (χ2n) is 5.31. The van der Waals surface area contributed by atoms with Gasteiger partial charge in [0.15, 0.2) is 0 Å². The maximum Gasteiger partial charge on any atom is 0.0345 e. The number of hydrogen-bond donors (Lipinski definition) is 1. The SMILES string of the molecule is Cc1cc(NC(C2CC2)C2CC2)ccc1Br. The Kier molecular flexibility index (Phi) is 2.70. The fourth-order valence-corrected chi connectivity index (χ4v) is 2.70. The monoisotopic (exact) mass is 279 g/mol. The Hall–Kier alpha value is -0.500. The van der Waals surface area contributed by atoms with Crippen LogP contribution < -0.4 is 5.32 Å². The van der Waals surface area contributed by atoms with Gasteiger partial charge in [0.25, 0.3) is 0 Å². The van der Waals surface area contributed by atoms with Crippen molar-refractivity contribution in [1.29, 1.82) is 0 Å². The zero-order valence-electron chi connectivity index (χ0n) is 9.67. The smallest absolute Gasteiger partial charge is 0.0345 e. The van der Waals surface area contributed by atoms with Gasteiger partial charge in [0.1, 0.15) is 0 Å². The average Bonchev–Trinajstić information content (AvgIpc) is 3.14. The first-order chi connectivity index (χ1) is 7.74. The standard InChI is InChI=1S/C14H18BrN/c1-9-8-12(6-7-13(9)15)16-14(10-2-3-10)11-4-5-11/h6-8,10-11,14,16H,2-5H2,1H3. The molecule has 0 spiro atoms. The highest BCUT2D eigenvalue weighted by Gasteiger charge is 2.41. The van der Waals surface area contributed by atoms with Crippen molar-refractivity contribution < 1.29 is 0 Å². The van der Waals surface area contributed by atoms with Gasteiger partial charge in [-0.25, -0.2) is 0 Å². The number of anilines is 1. The van der Waals surface area contributed by atoms with E-state index in [1.165, 1.54) is 41.4 Å². The lowest BCUT2D eigenvalue weighted by Gasteiger charge is -2.19. The number of halogens is 1. The summed E-state index contributed by atoms with van der Waals surface area (Å²) in [5, 5.41) is 3.75. The summed E-state index contributed by atoms with van der Waals surface area (Å²) in [6.07, 6.45) is 5.74. The van der Waals surface area contributed by atoms with Gasteiger partial charge in [-0.2, -0.15) is 0 Å². The minimum absolute atomic E-state index is 0.751. The van der Waals surface area contributed by atoms with E-state index in [-0.39, 0.29) is 0 Å². The van der Waals surface area contributed by atoms with Crippen LogP contribution in [-0.2, 0) is 0 Å². The van der Waals surface area contributed by atoms with Crippen LogP contribution in [0.25, 0.3) is 0 Å². The maximum absolute atomic E-state index is 3.75. The quantitative estimate of drug-likeness (QED) is 0.864. The van der Waals surface area contributed by atoms with E-state index in [1.54, 1.807) is 0 Å². The molecule has 2 saturated carbocycles. The molecule has 1 N–H and O–H groups in total. The molecule has 0 saturated heterocycles. The second-order valence-corrected chi connectivity index (χ2v) is 6.16. The summed E-state index contributed by atoms with van der Waals surface area (Å²) in [4.78, 5) is 0. The molecule has 2 aliphatic carbocycles. The van der Waals surface area contributed by atoms with Gasteiger partial charge in [-0.05, 0) is 68.2 Å². The molecule has 0 bridgehead atoms. The molecular weight excluding hydrogens is 262 g/mol. The Labute approximate surface area is 106 Å². The third-order valence-electron chi connectivity index (χ3n) is 3.75. The molecule has 0 aliphatic heterocycles. The minimum atomic E-state index is 0.751. The van der Waals surface area contributed by atoms with Gasteiger partial charge in [-0.1, -0.05) is 15.9 Å². The predicted octanol–water partition coefficient (Wildman–Crippen LogP) is 4.36. The van der Waals surface area contributed by atoms with Crippen LogP contribution in [0.3, 0.4) is 0 Å². The van der Waals surface area contributed by atoms with Crippen molar-refractivity contribution >= 4 is 21.6 Å². The molecule has 0 radical (unpaired) electrons. The van der Waals surface area contributed by atoms with E-state index in [4.69, 9.17) is 0 Å². The largest absolute Gasteiger partial charge is 0.382 e. The van der Waals surface area contributed by atoms with Gasteiger partial charge in [0, 0.05) is 16.2 Å². The van der Waals surface area contributed by atoms with Gasteiger partial charge in [-0.3, -0.25) is 0 Å². The lowest BCUT2D eigenvalue weighted by atomic mass is 10.1. The summed E-state index contributed by atoms with van der Waals surface area (Å²) >= 11 is 3.55. The van der Waals surface area contributed by atoms with E-state index >= 15 is 0 Å². The number of nitrogens with one attached hydrogen (secondary N) is 1. The van der Waals surface area contributed by atoms with Crippen LogP contribution in [-0.4, -0.2) is 6.04 Å². The summed E-state index contributed by atoms with van der Waals surface area (Å²) < 4.78 is 1.20. The first kappa shape index (κ1) is 10.6. The first-order valence-corrected chi connectivity index (χ1v) is 7.06. The molecule has 3 rings (SSSR count). The molecule has 0 unspecified atom stereocenters. The van der Waals surface area contributed by atoms with Crippen LogP contribution in [0, 0.1) is 18.8 Å². The summed E-state index contributed by atoms with van der Waals surface area (Å²) in [5.74, 6) is 1.91. The van der Waals surface area contributed by atoms with Crippen molar-refractivity contribution in [1.82, 2.24) is 0 Å². The molecule has 0 atom stereocenters. The predicted molar refractivity (Wildman–Crippen MR) is 71.7 cm³/mol. The highest BCUT2D eigenvalue weighted by molar-refractivity contribution is 9.10. The summed E-state index contributed by atoms with van der Waals surface area (Å²) in [6, 6.07) is 7.34. The molecule has 2 aliphatic rings. The van der Waals surface area contributed by atoms with Gasteiger partial charge >= 0.3 is 0 Å². The molecule has 0 heterocycles. The van der Waals surface area contributed by atoms with Crippen molar-refractivity contribution in [2.45, 2.75) is 38.6 Å². The second kappa shape index (κ2) is 4.06. The number of rotatable bonds is 4. The zero-order valence-corrected chi connectivity index (χ0v) is 11.3. The van der Waals surface area contributed by atoms with Crippen molar-refractivity contribution in [2.24, 2.45) is 11.8 Å². The van der Waals surface area contributed by atoms with Crippen LogP contribution in [0.15, 0.2) is 22.7 Å². The maximum atomic E-state index is 3.75. The lowest BCUT2D eigenvalue weighted by Crippen LogP contribution is -2.24. The molecule has 86 valence electrons. The first-order valence-electron chi connectivity index (χ1n) is 6.27. The van der Waals surface area contributed by atoms with Crippen LogP contribution in [0.2, 0.25) is 0 Å². The van der Waals surface area contributed by atoms with Crippen LogP contribution in [0.5, 0.6) is 0 Å². The minimum Gasteiger partial charge on any atom is -0.382 e. The number of hydrogen-bond acceptors (Lipinski definition) is 1. The fraction of sp³-hybridized carbons (Fsp3) is 0.571. The van der Waals surface area contributed by atoms with Crippen LogP contribution >= 0.6 is 15.9 Å². The molecular formula is C14H18BrN. The van der Waals surface area contributed by atoms with Gasteiger partial charge in [0.2, 0.25) is 0 Å². The average molecular weight is 280 g/mol. The molecule has 1 aromatic carbocycles. The van der Waals surface area contributed by atoms with E-state index in [2.05, 4.69) is 46.4 Å². The van der Waals surface area contributed by atoms with Crippen LogP contribution in [0.4, 0.5) is 5.69 Å². The highest BCUT2D eigenvalue weighted by Crippen LogP contribution is 2.45. The van der Waals surface area contributed by atoms with E-state index in [9.17, 15) is 0 Å². The Morgan fingerprint density at radius 2 is 1.81 bits per heavy atom. The third kappa shape index (κ3) is 2.27. The summed E-state index contributed by atoms with van der Waals surface area (Å²) in [5.41, 5.74) is 2.61.